The van der Waals surface area contributed by atoms with Crippen LogP contribution in [0.2, 0.25) is 0 Å². The summed E-state index contributed by atoms with van der Waals surface area (Å²) in [4.78, 5) is 0. The molecule has 0 N–H and O–H groups in total. The summed E-state index contributed by atoms with van der Waals surface area (Å²) in [5.74, 6) is 0. The van der Waals surface area contributed by atoms with E-state index in [4.69, 9.17) is 0 Å². The lowest BCUT2D eigenvalue weighted by Gasteiger charge is -2.13. The van der Waals surface area contributed by atoms with E-state index < -0.39 is 0 Å². The molecule has 0 amide bonds. The molecule has 21 heavy (non-hydrogen) atoms. The Morgan fingerprint density at radius 1 is 0.476 bits per heavy atom. The SMILES string of the molecule is Cn1c2c(c3c1CCCCCC3)CCCCCCCCC2. The lowest BCUT2D eigenvalue weighted by atomic mass is 9.93. The molecular weight excluding hydrogens is 254 g/mol. The van der Waals surface area contributed by atoms with Crippen LogP contribution in [0.5, 0.6) is 0 Å². The molecule has 0 fully saturated rings. The molecule has 1 aromatic rings. The number of nitrogens with zero attached hydrogens (tertiary/aromatic N) is 1. The molecule has 0 saturated heterocycles. The Labute approximate surface area is 131 Å². The maximum atomic E-state index is 2.62. The highest BCUT2D eigenvalue weighted by Crippen LogP contribution is 2.31. The van der Waals surface area contributed by atoms with Gasteiger partial charge < -0.3 is 4.57 Å². The van der Waals surface area contributed by atoms with Crippen molar-refractivity contribution in [3.05, 3.63) is 22.5 Å². The highest BCUT2D eigenvalue weighted by Gasteiger charge is 2.21. The fourth-order valence-corrected chi connectivity index (χ4v) is 4.57. The number of rotatable bonds is 0. The third-order valence-corrected chi connectivity index (χ3v) is 5.80. The van der Waals surface area contributed by atoms with E-state index in [0.29, 0.717) is 0 Å². The van der Waals surface area contributed by atoms with Crippen molar-refractivity contribution in [2.45, 2.75) is 96.3 Å². The van der Waals surface area contributed by atoms with Crippen molar-refractivity contribution in [3.8, 4) is 0 Å². The van der Waals surface area contributed by atoms with Crippen molar-refractivity contribution in [1.82, 2.24) is 4.57 Å². The van der Waals surface area contributed by atoms with Crippen molar-refractivity contribution in [2.24, 2.45) is 7.05 Å². The molecule has 0 aliphatic heterocycles. The summed E-state index contributed by atoms with van der Waals surface area (Å²) in [6, 6.07) is 0. The van der Waals surface area contributed by atoms with Crippen LogP contribution in [-0.4, -0.2) is 4.57 Å². The Balaban J connectivity index is 1.91. The van der Waals surface area contributed by atoms with E-state index in [9.17, 15) is 0 Å². The van der Waals surface area contributed by atoms with Gasteiger partial charge in [0.15, 0.2) is 0 Å². The molecule has 0 saturated carbocycles. The standard InChI is InChI=1S/C20H33N/c1-21-19-15-11-6-4-2-3-5-9-13-17(19)18-14-10-7-8-12-16-20(18)21/h2-16H2,1H3. The molecule has 0 spiro atoms. The van der Waals surface area contributed by atoms with E-state index in [1.807, 2.05) is 0 Å². The largest absolute Gasteiger partial charge is 0.351 e. The number of fused-ring (bicyclic) bond motifs is 3. The first-order valence-corrected chi connectivity index (χ1v) is 9.56. The molecule has 118 valence electrons. The molecule has 0 unspecified atom stereocenters. The average Bonchev–Trinajstić information content (AvgIpc) is 2.67. The van der Waals surface area contributed by atoms with Crippen LogP contribution >= 0.6 is 0 Å². The highest BCUT2D eigenvalue weighted by atomic mass is 15.0. The fourth-order valence-electron chi connectivity index (χ4n) is 4.57. The summed E-state index contributed by atoms with van der Waals surface area (Å²) in [5.41, 5.74) is 6.99. The predicted octanol–water partition coefficient (Wildman–Crippen LogP) is 5.51. The summed E-state index contributed by atoms with van der Waals surface area (Å²) in [7, 11) is 2.36. The quantitative estimate of drug-likeness (QED) is 0.592. The molecule has 0 atom stereocenters. The number of aromatic nitrogens is 1. The zero-order valence-electron chi connectivity index (χ0n) is 14.1. The normalized spacial score (nSPS) is 21.6. The second-order valence-electron chi connectivity index (χ2n) is 7.30. The molecule has 0 aromatic carbocycles. The highest BCUT2D eigenvalue weighted by molar-refractivity contribution is 5.40. The summed E-state index contributed by atoms with van der Waals surface area (Å²) in [6.07, 6.45) is 21.2. The fraction of sp³-hybridized carbons (Fsp3) is 0.800. The van der Waals surface area contributed by atoms with Gasteiger partial charge in [0.1, 0.15) is 0 Å². The van der Waals surface area contributed by atoms with Gasteiger partial charge in [0.2, 0.25) is 0 Å². The van der Waals surface area contributed by atoms with Crippen molar-refractivity contribution >= 4 is 0 Å². The van der Waals surface area contributed by atoms with Crippen LogP contribution in [0.25, 0.3) is 0 Å². The van der Waals surface area contributed by atoms with E-state index in [0.717, 1.165) is 0 Å². The van der Waals surface area contributed by atoms with Crippen LogP contribution in [0.4, 0.5) is 0 Å². The third kappa shape index (κ3) is 3.55. The Bertz CT molecular complexity index is 455. The third-order valence-electron chi connectivity index (χ3n) is 5.80. The van der Waals surface area contributed by atoms with Crippen LogP contribution in [0.15, 0.2) is 0 Å². The molecular formula is C20H33N. The summed E-state index contributed by atoms with van der Waals surface area (Å²) in [6.45, 7) is 0. The second-order valence-corrected chi connectivity index (χ2v) is 7.30. The zero-order chi connectivity index (χ0) is 14.5. The molecule has 1 aromatic heterocycles. The molecule has 0 bridgehead atoms. The number of hydrogen-bond donors (Lipinski definition) is 0. The first kappa shape index (κ1) is 15.2. The van der Waals surface area contributed by atoms with E-state index in [1.54, 1.807) is 22.5 Å². The molecule has 0 radical (unpaired) electrons. The minimum atomic E-state index is 1.33. The van der Waals surface area contributed by atoms with Crippen LogP contribution in [0, 0.1) is 0 Å². The Kier molecular flexibility index (Phi) is 5.43. The van der Waals surface area contributed by atoms with E-state index >= 15 is 0 Å². The van der Waals surface area contributed by atoms with Gasteiger partial charge in [-0.25, -0.2) is 0 Å². The maximum Gasteiger partial charge on any atom is 0.0209 e. The molecule has 2 aliphatic carbocycles. The minimum Gasteiger partial charge on any atom is -0.351 e. The average molecular weight is 287 g/mol. The van der Waals surface area contributed by atoms with Gasteiger partial charge >= 0.3 is 0 Å². The summed E-state index contributed by atoms with van der Waals surface area (Å²) < 4.78 is 2.62. The van der Waals surface area contributed by atoms with E-state index in [2.05, 4.69) is 11.6 Å². The van der Waals surface area contributed by atoms with Crippen LogP contribution < -0.4 is 0 Å². The first-order chi connectivity index (χ1) is 10.4. The summed E-state index contributed by atoms with van der Waals surface area (Å²) in [5, 5.41) is 0. The van der Waals surface area contributed by atoms with Gasteiger partial charge in [-0.1, -0.05) is 44.9 Å². The van der Waals surface area contributed by atoms with Gasteiger partial charge in [0.25, 0.3) is 0 Å². The maximum absolute atomic E-state index is 2.62. The topological polar surface area (TPSA) is 4.93 Å². The first-order valence-electron chi connectivity index (χ1n) is 9.56. The number of hydrogen-bond acceptors (Lipinski definition) is 0. The Hall–Kier alpha value is -0.720. The lowest BCUT2D eigenvalue weighted by Crippen LogP contribution is -2.04. The molecule has 3 rings (SSSR count). The van der Waals surface area contributed by atoms with Gasteiger partial charge in [-0.3, -0.25) is 0 Å². The Morgan fingerprint density at radius 3 is 1.24 bits per heavy atom. The van der Waals surface area contributed by atoms with Crippen molar-refractivity contribution < 1.29 is 0 Å². The lowest BCUT2D eigenvalue weighted by molar-refractivity contribution is 0.576. The van der Waals surface area contributed by atoms with Gasteiger partial charge in [-0.2, -0.15) is 0 Å². The van der Waals surface area contributed by atoms with Crippen LogP contribution in [-0.2, 0) is 32.7 Å². The van der Waals surface area contributed by atoms with Gasteiger partial charge in [0.05, 0.1) is 0 Å². The summed E-state index contributed by atoms with van der Waals surface area (Å²) >= 11 is 0. The van der Waals surface area contributed by atoms with Crippen LogP contribution in [0.1, 0.15) is 93.1 Å². The molecule has 1 nitrogen and oxygen atoms in total. The molecule has 2 aliphatic rings. The van der Waals surface area contributed by atoms with Crippen molar-refractivity contribution in [3.63, 3.8) is 0 Å². The predicted molar refractivity (Wildman–Crippen MR) is 91.0 cm³/mol. The van der Waals surface area contributed by atoms with Crippen molar-refractivity contribution in [1.29, 1.82) is 0 Å². The van der Waals surface area contributed by atoms with E-state index in [1.165, 1.54) is 96.3 Å². The van der Waals surface area contributed by atoms with E-state index in [-0.39, 0.29) is 0 Å². The molecule has 1 heteroatoms. The van der Waals surface area contributed by atoms with Gasteiger partial charge in [0, 0.05) is 18.4 Å². The smallest absolute Gasteiger partial charge is 0.0209 e. The van der Waals surface area contributed by atoms with Gasteiger partial charge in [-0.05, 0) is 62.5 Å². The van der Waals surface area contributed by atoms with Crippen LogP contribution in [0.3, 0.4) is 0 Å². The second kappa shape index (κ2) is 7.51. The minimum absolute atomic E-state index is 1.33. The van der Waals surface area contributed by atoms with Crippen molar-refractivity contribution in [2.75, 3.05) is 0 Å². The van der Waals surface area contributed by atoms with Gasteiger partial charge in [-0.15, -0.1) is 0 Å². The Morgan fingerprint density at radius 2 is 0.810 bits per heavy atom. The monoisotopic (exact) mass is 287 g/mol. The zero-order valence-corrected chi connectivity index (χ0v) is 14.1. The molecule has 1 heterocycles.